The topological polar surface area (TPSA) is 41.6 Å². The normalized spacial score (nSPS) is 10.1. The molecule has 0 aliphatic carbocycles. The number of hydrogen-bond acceptors (Lipinski definition) is 2. The van der Waals surface area contributed by atoms with Crippen molar-refractivity contribution in [3.05, 3.63) is 52.0 Å². The lowest BCUT2D eigenvalue weighted by atomic mass is 10.1. The molecule has 0 saturated heterocycles. The number of benzene rings is 1. The molecule has 16 heavy (non-hydrogen) atoms. The van der Waals surface area contributed by atoms with Crippen LogP contribution < -0.4 is 0 Å². The molecule has 0 N–H and O–H groups in total. The highest BCUT2D eigenvalue weighted by atomic mass is 79.9. The van der Waals surface area contributed by atoms with Gasteiger partial charge in [0.05, 0.1) is 22.8 Å². The maximum Gasteiger partial charge on any atom is 0.146 e. The quantitative estimate of drug-likeness (QED) is 0.848. The van der Waals surface area contributed by atoms with Crippen LogP contribution in [0.15, 0.2) is 35.1 Å². The standard InChI is InChI=1S/C11H7BrFN3/c12-10-5-15-16(7-10)6-9-3-1-2-8(4-14)11(9)13/h1-3,5,7H,6H2. The number of aromatic nitrogens is 2. The second-order valence-corrected chi connectivity index (χ2v) is 4.16. The third-order valence-electron chi connectivity index (χ3n) is 2.13. The molecule has 0 atom stereocenters. The molecule has 2 rings (SSSR count). The van der Waals surface area contributed by atoms with E-state index in [9.17, 15) is 4.39 Å². The van der Waals surface area contributed by atoms with E-state index in [1.807, 2.05) is 6.07 Å². The van der Waals surface area contributed by atoms with Gasteiger partial charge in [-0.25, -0.2) is 4.39 Å². The van der Waals surface area contributed by atoms with Crippen molar-refractivity contribution in [1.29, 1.82) is 5.26 Å². The minimum atomic E-state index is -0.475. The molecule has 0 radical (unpaired) electrons. The first kappa shape index (κ1) is 10.8. The molecule has 0 fully saturated rings. The molecule has 0 amide bonds. The fourth-order valence-corrected chi connectivity index (χ4v) is 1.72. The Balaban J connectivity index is 2.32. The van der Waals surface area contributed by atoms with Crippen LogP contribution in [-0.2, 0) is 6.54 Å². The van der Waals surface area contributed by atoms with E-state index in [1.54, 1.807) is 29.2 Å². The maximum atomic E-state index is 13.7. The van der Waals surface area contributed by atoms with E-state index in [4.69, 9.17) is 5.26 Å². The van der Waals surface area contributed by atoms with Gasteiger partial charge in [0.1, 0.15) is 11.9 Å². The lowest BCUT2D eigenvalue weighted by Crippen LogP contribution is -2.03. The second-order valence-electron chi connectivity index (χ2n) is 3.25. The summed E-state index contributed by atoms with van der Waals surface area (Å²) >= 11 is 3.26. The Kier molecular flexibility index (Phi) is 3.02. The summed E-state index contributed by atoms with van der Waals surface area (Å²) in [5.41, 5.74) is 0.512. The molecule has 0 saturated carbocycles. The summed E-state index contributed by atoms with van der Waals surface area (Å²) in [7, 11) is 0. The van der Waals surface area contributed by atoms with Crippen molar-refractivity contribution in [2.24, 2.45) is 0 Å². The highest BCUT2D eigenvalue weighted by Crippen LogP contribution is 2.14. The van der Waals surface area contributed by atoms with Gasteiger partial charge in [0.25, 0.3) is 0 Å². The maximum absolute atomic E-state index is 13.7. The van der Waals surface area contributed by atoms with Crippen LogP contribution in [0.1, 0.15) is 11.1 Å². The molecule has 5 heteroatoms. The zero-order valence-corrected chi connectivity index (χ0v) is 9.78. The molecule has 0 bridgehead atoms. The predicted molar refractivity (Wildman–Crippen MR) is 60.1 cm³/mol. The lowest BCUT2D eigenvalue weighted by Gasteiger charge is -2.04. The summed E-state index contributed by atoms with van der Waals surface area (Å²) in [5, 5.41) is 12.7. The molecule has 80 valence electrons. The zero-order valence-electron chi connectivity index (χ0n) is 8.19. The zero-order chi connectivity index (χ0) is 11.5. The van der Waals surface area contributed by atoms with Crippen LogP contribution in [0.25, 0.3) is 0 Å². The number of hydrogen-bond donors (Lipinski definition) is 0. The smallest absolute Gasteiger partial charge is 0.146 e. The van der Waals surface area contributed by atoms with Crippen molar-refractivity contribution in [2.45, 2.75) is 6.54 Å². The van der Waals surface area contributed by atoms with Crippen LogP contribution in [0.2, 0.25) is 0 Å². The van der Waals surface area contributed by atoms with Crippen molar-refractivity contribution in [3.8, 4) is 6.07 Å². The van der Waals surface area contributed by atoms with Gasteiger partial charge in [0, 0.05) is 11.8 Å². The van der Waals surface area contributed by atoms with E-state index in [-0.39, 0.29) is 5.56 Å². The highest BCUT2D eigenvalue weighted by molar-refractivity contribution is 9.10. The average Bonchev–Trinajstić information content (AvgIpc) is 2.67. The first-order valence-corrected chi connectivity index (χ1v) is 5.35. The van der Waals surface area contributed by atoms with Crippen LogP contribution in [0.4, 0.5) is 4.39 Å². The first-order valence-electron chi connectivity index (χ1n) is 4.56. The third-order valence-corrected chi connectivity index (χ3v) is 2.54. The van der Waals surface area contributed by atoms with Crippen molar-refractivity contribution in [3.63, 3.8) is 0 Å². The molecule has 0 aliphatic rings. The summed E-state index contributed by atoms with van der Waals surface area (Å²) in [4.78, 5) is 0. The van der Waals surface area contributed by atoms with E-state index < -0.39 is 5.82 Å². The highest BCUT2D eigenvalue weighted by Gasteiger charge is 2.08. The van der Waals surface area contributed by atoms with Gasteiger partial charge in [0.15, 0.2) is 0 Å². The van der Waals surface area contributed by atoms with Gasteiger partial charge in [-0.2, -0.15) is 10.4 Å². The van der Waals surface area contributed by atoms with Crippen LogP contribution in [0, 0.1) is 17.1 Å². The summed E-state index contributed by atoms with van der Waals surface area (Å²) in [6, 6.07) is 6.58. The van der Waals surface area contributed by atoms with Gasteiger partial charge in [-0.3, -0.25) is 4.68 Å². The second kappa shape index (κ2) is 4.45. The molecule has 0 aliphatic heterocycles. The molecule has 1 aromatic heterocycles. The Morgan fingerprint density at radius 3 is 2.94 bits per heavy atom. The first-order chi connectivity index (χ1) is 7.70. The van der Waals surface area contributed by atoms with Crippen LogP contribution >= 0.6 is 15.9 Å². The summed E-state index contributed by atoms with van der Waals surface area (Å²) in [6.07, 6.45) is 3.38. The summed E-state index contributed by atoms with van der Waals surface area (Å²) in [6.45, 7) is 0.312. The Morgan fingerprint density at radius 2 is 2.31 bits per heavy atom. The fraction of sp³-hybridized carbons (Fsp3) is 0.0909. The van der Waals surface area contributed by atoms with E-state index in [1.165, 1.54) is 6.07 Å². The van der Waals surface area contributed by atoms with Gasteiger partial charge in [-0.15, -0.1) is 0 Å². The van der Waals surface area contributed by atoms with E-state index in [0.29, 0.717) is 12.1 Å². The van der Waals surface area contributed by atoms with Gasteiger partial charge in [-0.1, -0.05) is 12.1 Å². The van der Waals surface area contributed by atoms with Crippen molar-refractivity contribution in [1.82, 2.24) is 9.78 Å². The van der Waals surface area contributed by atoms with Crippen LogP contribution in [0.5, 0.6) is 0 Å². The van der Waals surface area contributed by atoms with E-state index in [0.717, 1.165) is 4.47 Å². The molecular formula is C11H7BrFN3. The van der Waals surface area contributed by atoms with Crippen molar-refractivity contribution >= 4 is 15.9 Å². The Bertz CT molecular complexity index is 557. The van der Waals surface area contributed by atoms with Crippen molar-refractivity contribution in [2.75, 3.05) is 0 Å². The van der Waals surface area contributed by atoms with E-state index >= 15 is 0 Å². The van der Waals surface area contributed by atoms with Crippen LogP contribution in [0.3, 0.4) is 0 Å². The third kappa shape index (κ3) is 2.12. The van der Waals surface area contributed by atoms with E-state index in [2.05, 4.69) is 21.0 Å². The molecule has 2 aromatic rings. The minimum Gasteiger partial charge on any atom is -0.267 e. The molecule has 0 unspecified atom stereocenters. The lowest BCUT2D eigenvalue weighted by molar-refractivity contribution is 0.582. The number of halogens is 2. The fourth-order valence-electron chi connectivity index (χ4n) is 1.39. The Labute approximate surface area is 100 Å². The summed E-state index contributed by atoms with van der Waals surface area (Å²) < 4.78 is 16.1. The largest absolute Gasteiger partial charge is 0.267 e. The SMILES string of the molecule is N#Cc1cccc(Cn2cc(Br)cn2)c1F. The van der Waals surface area contributed by atoms with Crippen molar-refractivity contribution < 1.29 is 4.39 Å². The minimum absolute atomic E-state index is 0.0590. The Morgan fingerprint density at radius 1 is 1.50 bits per heavy atom. The molecule has 3 nitrogen and oxygen atoms in total. The monoisotopic (exact) mass is 279 g/mol. The van der Waals surface area contributed by atoms with Gasteiger partial charge >= 0.3 is 0 Å². The molecule has 0 spiro atoms. The summed E-state index contributed by atoms with van der Waals surface area (Å²) in [5.74, 6) is -0.475. The molecule has 1 heterocycles. The Hall–Kier alpha value is -1.67. The number of nitriles is 1. The predicted octanol–water partition coefficient (Wildman–Crippen LogP) is 2.70. The number of rotatable bonds is 2. The average molecular weight is 280 g/mol. The van der Waals surface area contributed by atoms with Gasteiger partial charge < -0.3 is 0 Å². The van der Waals surface area contributed by atoms with Gasteiger partial charge in [-0.05, 0) is 22.0 Å². The number of nitrogens with zero attached hydrogens (tertiary/aromatic N) is 3. The van der Waals surface area contributed by atoms with Crippen LogP contribution in [-0.4, -0.2) is 9.78 Å². The van der Waals surface area contributed by atoms with Gasteiger partial charge in [0.2, 0.25) is 0 Å². The molecule has 1 aromatic carbocycles. The molecular weight excluding hydrogens is 273 g/mol.